The maximum Gasteiger partial charge on any atom is 0.123 e. The molecule has 0 aliphatic carbocycles. The normalized spacial score (nSPS) is 14.4. The Morgan fingerprint density at radius 2 is 2.11 bits per heavy atom. The van der Waals surface area contributed by atoms with Crippen LogP contribution in [0.25, 0.3) is 0 Å². The predicted molar refractivity (Wildman–Crippen MR) is 74.8 cm³/mol. The molecule has 0 heterocycles. The van der Waals surface area contributed by atoms with Crippen molar-refractivity contribution in [2.24, 2.45) is 0 Å². The molecule has 1 aromatic carbocycles. The summed E-state index contributed by atoms with van der Waals surface area (Å²) in [6, 6.07) is 4.69. The largest absolute Gasteiger partial charge is 0.390 e. The Hall–Kier alpha value is -0.970. The number of nitrogens with one attached hydrogen (secondary N) is 1. The van der Waals surface area contributed by atoms with E-state index < -0.39 is 5.60 Å². The zero-order chi connectivity index (χ0) is 14.3. The lowest BCUT2D eigenvalue weighted by molar-refractivity contribution is 0.0508. The van der Waals surface area contributed by atoms with Crippen LogP contribution in [0.3, 0.4) is 0 Å². The Balaban J connectivity index is 2.46. The first-order valence-electron chi connectivity index (χ1n) is 6.62. The second-order valence-corrected chi connectivity index (χ2v) is 5.24. The van der Waals surface area contributed by atoms with Gasteiger partial charge in [-0.3, -0.25) is 0 Å². The third-order valence-corrected chi connectivity index (χ3v) is 3.21. The zero-order valence-corrected chi connectivity index (χ0v) is 12.0. The molecule has 1 rings (SSSR count). The molecule has 0 aromatic heterocycles. The highest BCUT2D eigenvalue weighted by molar-refractivity contribution is 5.27. The van der Waals surface area contributed by atoms with Gasteiger partial charge in [0.2, 0.25) is 0 Å². The van der Waals surface area contributed by atoms with E-state index in [-0.39, 0.29) is 5.82 Å². The van der Waals surface area contributed by atoms with E-state index >= 15 is 0 Å². The van der Waals surface area contributed by atoms with E-state index in [1.165, 1.54) is 12.1 Å². The molecule has 3 nitrogen and oxygen atoms in total. The van der Waals surface area contributed by atoms with Crippen molar-refractivity contribution in [2.75, 3.05) is 26.8 Å². The van der Waals surface area contributed by atoms with Crippen LogP contribution in [-0.2, 0) is 11.2 Å². The fraction of sp³-hybridized carbons (Fsp3) is 0.600. The van der Waals surface area contributed by atoms with Crippen molar-refractivity contribution in [1.29, 1.82) is 0 Å². The third kappa shape index (κ3) is 6.14. The van der Waals surface area contributed by atoms with Crippen LogP contribution in [0.5, 0.6) is 0 Å². The zero-order valence-electron chi connectivity index (χ0n) is 12.0. The van der Waals surface area contributed by atoms with Crippen molar-refractivity contribution < 1.29 is 14.2 Å². The van der Waals surface area contributed by atoms with E-state index in [0.717, 1.165) is 17.7 Å². The molecule has 19 heavy (non-hydrogen) atoms. The van der Waals surface area contributed by atoms with Crippen LogP contribution in [-0.4, -0.2) is 37.5 Å². The number of benzene rings is 1. The summed E-state index contributed by atoms with van der Waals surface area (Å²) in [5.74, 6) is -0.255. The molecular formula is C15H24FNO2. The highest BCUT2D eigenvalue weighted by Gasteiger charge is 2.21. The first kappa shape index (κ1) is 16.1. The number of rotatable bonds is 8. The summed E-state index contributed by atoms with van der Waals surface area (Å²) in [5, 5.41) is 13.5. The van der Waals surface area contributed by atoms with E-state index in [0.29, 0.717) is 26.0 Å². The van der Waals surface area contributed by atoms with Crippen LogP contribution >= 0.6 is 0 Å². The van der Waals surface area contributed by atoms with E-state index in [1.54, 1.807) is 20.1 Å². The van der Waals surface area contributed by atoms with E-state index in [1.807, 2.05) is 6.92 Å². The maximum absolute atomic E-state index is 13.2. The van der Waals surface area contributed by atoms with Gasteiger partial charge in [-0.2, -0.15) is 0 Å². The molecule has 0 fully saturated rings. The minimum Gasteiger partial charge on any atom is -0.390 e. The molecule has 108 valence electrons. The van der Waals surface area contributed by atoms with Crippen molar-refractivity contribution in [1.82, 2.24) is 5.32 Å². The lowest BCUT2D eigenvalue weighted by Gasteiger charge is -2.24. The number of methoxy groups -OCH3 is 1. The summed E-state index contributed by atoms with van der Waals surface area (Å²) in [6.07, 6.45) is 1.08. The van der Waals surface area contributed by atoms with Gasteiger partial charge in [0.1, 0.15) is 5.82 Å². The molecule has 0 saturated carbocycles. The van der Waals surface area contributed by atoms with Gasteiger partial charge in [-0.05, 0) is 50.1 Å². The minimum absolute atomic E-state index is 0.255. The van der Waals surface area contributed by atoms with E-state index in [2.05, 4.69) is 5.32 Å². The van der Waals surface area contributed by atoms with Gasteiger partial charge in [-0.25, -0.2) is 4.39 Å². The highest BCUT2D eigenvalue weighted by atomic mass is 19.1. The molecule has 0 saturated heterocycles. The Morgan fingerprint density at radius 1 is 1.37 bits per heavy atom. The number of ether oxygens (including phenoxy) is 1. The van der Waals surface area contributed by atoms with E-state index in [9.17, 15) is 9.50 Å². The molecule has 1 atom stereocenters. The van der Waals surface area contributed by atoms with Crippen molar-refractivity contribution in [2.45, 2.75) is 32.3 Å². The number of aliphatic hydroxyl groups is 1. The molecule has 0 amide bonds. The van der Waals surface area contributed by atoms with Crippen LogP contribution in [0.1, 0.15) is 24.5 Å². The summed E-state index contributed by atoms with van der Waals surface area (Å²) >= 11 is 0. The van der Waals surface area contributed by atoms with Crippen molar-refractivity contribution >= 4 is 0 Å². The number of hydrogen-bond donors (Lipinski definition) is 2. The van der Waals surface area contributed by atoms with Gasteiger partial charge in [-0.15, -0.1) is 0 Å². The summed E-state index contributed by atoms with van der Waals surface area (Å²) in [5.41, 5.74) is 1.04. The SMILES string of the molecule is COCCNCCC(C)(O)Cc1cc(F)ccc1C. The Labute approximate surface area is 114 Å². The summed E-state index contributed by atoms with van der Waals surface area (Å²) in [6.45, 7) is 5.86. The number of hydrogen-bond acceptors (Lipinski definition) is 3. The van der Waals surface area contributed by atoms with Crippen LogP contribution in [0, 0.1) is 12.7 Å². The fourth-order valence-corrected chi connectivity index (χ4v) is 1.99. The summed E-state index contributed by atoms with van der Waals surface area (Å²) in [4.78, 5) is 0. The molecule has 0 aliphatic heterocycles. The molecule has 0 aliphatic rings. The van der Waals surface area contributed by atoms with Gasteiger partial charge < -0.3 is 15.2 Å². The van der Waals surface area contributed by atoms with Gasteiger partial charge in [0.05, 0.1) is 12.2 Å². The first-order valence-corrected chi connectivity index (χ1v) is 6.62. The monoisotopic (exact) mass is 269 g/mol. The van der Waals surface area contributed by atoms with Crippen molar-refractivity contribution in [3.8, 4) is 0 Å². The average molecular weight is 269 g/mol. The first-order chi connectivity index (χ1) is 8.94. The summed E-state index contributed by atoms with van der Waals surface area (Å²) < 4.78 is 18.1. The number of aryl methyl sites for hydroxylation is 1. The Kier molecular flexibility index (Phi) is 6.42. The molecule has 0 bridgehead atoms. The van der Waals surface area contributed by atoms with Crippen LogP contribution in [0.15, 0.2) is 18.2 Å². The van der Waals surface area contributed by atoms with Crippen molar-refractivity contribution in [3.05, 3.63) is 35.1 Å². The molecule has 4 heteroatoms. The van der Waals surface area contributed by atoms with Gasteiger partial charge in [-0.1, -0.05) is 6.07 Å². The lowest BCUT2D eigenvalue weighted by Crippen LogP contribution is -2.33. The minimum atomic E-state index is -0.835. The highest BCUT2D eigenvalue weighted by Crippen LogP contribution is 2.20. The molecule has 1 aromatic rings. The topological polar surface area (TPSA) is 41.5 Å². The average Bonchev–Trinajstić information content (AvgIpc) is 2.33. The van der Waals surface area contributed by atoms with Gasteiger partial charge >= 0.3 is 0 Å². The van der Waals surface area contributed by atoms with Gasteiger partial charge in [0.25, 0.3) is 0 Å². The molecular weight excluding hydrogens is 245 g/mol. The molecule has 0 radical (unpaired) electrons. The van der Waals surface area contributed by atoms with Crippen LogP contribution in [0.2, 0.25) is 0 Å². The second kappa shape index (κ2) is 7.58. The lowest BCUT2D eigenvalue weighted by atomic mass is 9.91. The van der Waals surface area contributed by atoms with Crippen LogP contribution in [0.4, 0.5) is 4.39 Å². The standard InChI is InChI=1S/C15H24FNO2/c1-12-4-5-14(16)10-13(12)11-15(2,18)6-7-17-8-9-19-3/h4-5,10,17-18H,6-9,11H2,1-3H3. The predicted octanol–water partition coefficient (Wildman–Crippen LogP) is 2.05. The quantitative estimate of drug-likeness (QED) is 0.710. The Morgan fingerprint density at radius 3 is 2.79 bits per heavy atom. The van der Waals surface area contributed by atoms with Crippen molar-refractivity contribution in [3.63, 3.8) is 0 Å². The second-order valence-electron chi connectivity index (χ2n) is 5.24. The molecule has 0 spiro atoms. The number of halogens is 1. The van der Waals surface area contributed by atoms with Gasteiger partial charge in [0, 0.05) is 20.1 Å². The van der Waals surface area contributed by atoms with E-state index in [4.69, 9.17) is 4.74 Å². The fourth-order valence-electron chi connectivity index (χ4n) is 1.99. The smallest absolute Gasteiger partial charge is 0.123 e. The molecule has 1 unspecified atom stereocenters. The van der Waals surface area contributed by atoms with Gasteiger partial charge in [0.15, 0.2) is 0 Å². The maximum atomic E-state index is 13.2. The third-order valence-electron chi connectivity index (χ3n) is 3.21. The Bertz CT molecular complexity index is 394. The molecule has 2 N–H and O–H groups in total. The summed E-state index contributed by atoms with van der Waals surface area (Å²) in [7, 11) is 1.66. The van der Waals surface area contributed by atoms with Crippen LogP contribution < -0.4 is 5.32 Å².